The monoisotopic (exact) mass is 704 g/mol. The normalized spacial score (nSPS) is 10.4. The Morgan fingerprint density at radius 2 is 0.571 bits per heavy atom. The second-order valence-electron chi connectivity index (χ2n) is 12.1. The number of carbonyl (C=O) groups is 6. The maximum atomic E-state index is 11.4. The molecule has 0 radical (unpaired) electrons. The van der Waals surface area contributed by atoms with Crippen molar-refractivity contribution in [1.82, 2.24) is 0 Å². The molecule has 0 aromatic carbocycles. The van der Waals surface area contributed by atoms with Gasteiger partial charge in [-0.05, 0) is 19.3 Å². The van der Waals surface area contributed by atoms with Gasteiger partial charge in [0.2, 0.25) is 0 Å². The molecular weight excluding hydrogens is 636 g/mol. The van der Waals surface area contributed by atoms with Crippen molar-refractivity contribution in [2.45, 2.75) is 156 Å². The fourth-order valence-electron chi connectivity index (χ4n) is 4.97. The lowest BCUT2D eigenvalue weighted by atomic mass is 10.0. The van der Waals surface area contributed by atoms with E-state index < -0.39 is 53.6 Å². The molecule has 0 aliphatic carbocycles. The minimum atomic E-state index is -1.23. The molecule has 0 aliphatic heterocycles. The van der Waals surface area contributed by atoms with E-state index in [0.717, 1.165) is 57.8 Å². The number of esters is 4. The second-order valence-corrected chi connectivity index (χ2v) is 12.1. The number of carboxylic acids is 2. The van der Waals surface area contributed by atoms with Crippen molar-refractivity contribution in [2.24, 2.45) is 17.8 Å². The van der Waals surface area contributed by atoms with Crippen LogP contribution in [0.4, 0.5) is 0 Å². The van der Waals surface area contributed by atoms with Gasteiger partial charge in [0.25, 0.3) is 0 Å². The largest absolute Gasteiger partial charge is 0.481 e. The Bertz CT molecular complexity index is 779. The fraction of sp³-hybridized carbons (Fsp3) is 0.838. The molecule has 0 amide bonds. The minimum Gasteiger partial charge on any atom is -0.481 e. The first-order valence-corrected chi connectivity index (χ1v) is 18.2. The SMILES string of the molecule is CCCCCCCCC(C(=O)O)C(=O)O.CCCCCCCCC(C(=O)OC)C(=O)OC.CCCCCCCCC(C(=O)OC)C(=O)OC. The van der Waals surface area contributed by atoms with Crippen LogP contribution < -0.4 is 0 Å². The number of hydrogen-bond acceptors (Lipinski definition) is 10. The van der Waals surface area contributed by atoms with Crippen LogP contribution in [-0.2, 0) is 47.7 Å². The molecule has 0 aromatic heterocycles. The first-order chi connectivity index (χ1) is 23.4. The van der Waals surface area contributed by atoms with E-state index in [1.165, 1.54) is 79.8 Å². The molecule has 0 heterocycles. The van der Waals surface area contributed by atoms with Crippen molar-refractivity contribution < 1.29 is 57.9 Å². The molecule has 2 N–H and O–H groups in total. The summed E-state index contributed by atoms with van der Waals surface area (Å²) in [6.07, 6.45) is 21.0. The van der Waals surface area contributed by atoms with Gasteiger partial charge in [-0.2, -0.15) is 0 Å². The van der Waals surface area contributed by atoms with Gasteiger partial charge in [0, 0.05) is 0 Å². The van der Waals surface area contributed by atoms with Crippen molar-refractivity contribution in [3.8, 4) is 0 Å². The van der Waals surface area contributed by atoms with Crippen molar-refractivity contribution in [3.63, 3.8) is 0 Å². The molecule has 0 atom stereocenters. The first-order valence-electron chi connectivity index (χ1n) is 18.2. The molecule has 49 heavy (non-hydrogen) atoms. The van der Waals surface area contributed by atoms with Gasteiger partial charge < -0.3 is 29.2 Å². The van der Waals surface area contributed by atoms with Crippen LogP contribution in [0.15, 0.2) is 0 Å². The van der Waals surface area contributed by atoms with Crippen LogP contribution in [0.3, 0.4) is 0 Å². The number of hydrogen-bond donors (Lipinski definition) is 2. The Morgan fingerprint density at radius 1 is 0.367 bits per heavy atom. The Kier molecular flexibility index (Phi) is 37.0. The van der Waals surface area contributed by atoms with Gasteiger partial charge in [-0.1, -0.05) is 136 Å². The Balaban J connectivity index is -0.000000649. The van der Waals surface area contributed by atoms with E-state index in [1.807, 2.05) is 0 Å². The van der Waals surface area contributed by atoms with E-state index in [-0.39, 0.29) is 6.42 Å². The molecule has 0 aromatic rings. The first kappa shape index (κ1) is 50.2. The highest BCUT2D eigenvalue weighted by atomic mass is 16.5. The fourth-order valence-corrected chi connectivity index (χ4v) is 4.97. The molecule has 0 spiro atoms. The molecule has 0 unspecified atom stereocenters. The topological polar surface area (TPSA) is 180 Å². The molecular formula is C37H68O12. The highest BCUT2D eigenvalue weighted by molar-refractivity contribution is 5.95. The summed E-state index contributed by atoms with van der Waals surface area (Å²) in [7, 11) is 5.16. The van der Waals surface area contributed by atoms with E-state index in [2.05, 4.69) is 39.7 Å². The summed E-state index contributed by atoms with van der Waals surface area (Å²) in [6, 6.07) is 0. The molecule has 0 fully saturated rings. The Hall–Kier alpha value is -3.18. The smallest absolute Gasteiger partial charge is 0.320 e. The average Bonchev–Trinajstić information content (AvgIpc) is 3.09. The number of unbranched alkanes of at least 4 members (excludes halogenated alkanes) is 15. The predicted octanol–water partition coefficient (Wildman–Crippen LogP) is 7.92. The number of aliphatic carboxylic acids is 2. The summed E-state index contributed by atoms with van der Waals surface area (Å²) >= 11 is 0. The minimum absolute atomic E-state index is 0.247. The van der Waals surface area contributed by atoms with E-state index in [4.69, 9.17) is 10.2 Å². The third-order valence-electron chi connectivity index (χ3n) is 8.08. The average molecular weight is 705 g/mol. The summed E-state index contributed by atoms with van der Waals surface area (Å²) < 4.78 is 18.4. The summed E-state index contributed by atoms with van der Waals surface area (Å²) in [4.78, 5) is 66.5. The van der Waals surface area contributed by atoms with E-state index >= 15 is 0 Å². The third-order valence-corrected chi connectivity index (χ3v) is 8.08. The highest BCUT2D eigenvalue weighted by Crippen LogP contribution is 2.17. The second kappa shape index (κ2) is 36.1. The zero-order chi connectivity index (χ0) is 37.9. The van der Waals surface area contributed by atoms with Gasteiger partial charge in [0.05, 0.1) is 28.4 Å². The maximum Gasteiger partial charge on any atom is 0.320 e. The van der Waals surface area contributed by atoms with E-state index in [9.17, 15) is 28.8 Å². The van der Waals surface area contributed by atoms with E-state index in [1.54, 1.807) is 0 Å². The number of rotatable bonds is 27. The zero-order valence-corrected chi connectivity index (χ0v) is 31.6. The molecule has 0 rings (SSSR count). The quantitative estimate of drug-likeness (QED) is 0.0365. The van der Waals surface area contributed by atoms with Crippen LogP contribution in [0, 0.1) is 17.8 Å². The molecule has 12 nitrogen and oxygen atoms in total. The van der Waals surface area contributed by atoms with Crippen molar-refractivity contribution in [1.29, 1.82) is 0 Å². The van der Waals surface area contributed by atoms with Crippen molar-refractivity contribution in [2.75, 3.05) is 28.4 Å². The lowest BCUT2D eigenvalue weighted by Crippen LogP contribution is -2.26. The van der Waals surface area contributed by atoms with Gasteiger partial charge >= 0.3 is 35.8 Å². The van der Waals surface area contributed by atoms with Gasteiger partial charge in [-0.15, -0.1) is 0 Å². The van der Waals surface area contributed by atoms with Crippen LogP contribution in [0.25, 0.3) is 0 Å². The lowest BCUT2D eigenvalue weighted by molar-refractivity contribution is -0.160. The summed E-state index contributed by atoms with van der Waals surface area (Å²) in [5, 5.41) is 17.2. The number of carbonyl (C=O) groups excluding carboxylic acids is 4. The third kappa shape index (κ3) is 29.5. The molecule has 0 saturated carbocycles. The van der Waals surface area contributed by atoms with Crippen LogP contribution in [-0.4, -0.2) is 74.5 Å². The molecule has 0 bridgehead atoms. The lowest BCUT2D eigenvalue weighted by Gasteiger charge is -2.11. The summed E-state index contributed by atoms with van der Waals surface area (Å²) in [5.74, 6) is -7.16. The Morgan fingerprint density at radius 3 is 0.776 bits per heavy atom. The summed E-state index contributed by atoms with van der Waals surface area (Å²) in [5.41, 5.74) is 0. The molecule has 0 saturated heterocycles. The van der Waals surface area contributed by atoms with Crippen molar-refractivity contribution in [3.05, 3.63) is 0 Å². The molecule has 12 heteroatoms. The van der Waals surface area contributed by atoms with Gasteiger partial charge in [0.15, 0.2) is 17.8 Å². The molecule has 0 aliphatic rings. The highest BCUT2D eigenvalue weighted by Gasteiger charge is 2.28. The van der Waals surface area contributed by atoms with Crippen LogP contribution >= 0.6 is 0 Å². The zero-order valence-electron chi connectivity index (χ0n) is 31.6. The van der Waals surface area contributed by atoms with Crippen molar-refractivity contribution >= 4 is 35.8 Å². The Labute approximate surface area is 295 Å². The number of carboxylic acid groups (broad SMARTS) is 2. The van der Waals surface area contributed by atoms with Gasteiger partial charge in [-0.25, -0.2) is 0 Å². The van der Waals surface area contributed by atoms with E-state index in [0.29, 0.717) is 19.3 Å². The predicted molar refractivity (Wildman–Crippen MR) is 188 cm³/mol. The molecule has 288 valence electrons. The van der Waals surface area contributed by atoms with Gasteiger partial charge in [0.1, 0.15) is 0 Å². The maximum absolute atomic E-state index is 11.4. The van der Waals surface area contributed by atoms with Crippen LogP contribution in [0.2, 0.25) is 0 Å². The standard InChI is InChI=1S/2C13H24O4.C11H20O4/c2*1-4-5-6-7-8-9-10-11(12(14)16-2)13(15)17-3;1-2-3-4-5-6-7-8-9(10(12)13)11(14)15/h2*11H,4-10H2,1-3H3;9H,2-8H2,1H3,(H,12,13)(H,14,15). The number of ether oxygens (including phenoxy) is 4. The van der Waals surface area contributed by atoms with Crippen LogP contribution in [0.1, 0.15) is 156 Å². The van der Waals surface area contributed by atoms with Gasteiger partial charge in [-0.3, -0.25) is 28.8 Å². The number of methoxy groups -OCH3 is 4. The summed E-state index contributed by atoms with van der Waals surface area (Å²) in [6.45, 7) is 6.47. The van der Waals surface area contributed by atoms with Crippen LogP contribution in [0.5, 0.6) is 0 Å².